The highest BCUT2D eigenvalue weighted by atomic mass is 35.5. The summed E-state index contributed by atoms with van der Waals surface area (Å²) in [6, 6.07) is 6.19. The Morgan fingerprint density at radius 2 is 2.05 bits per heavy atom. The first-order valence-electron chi connectivity index (χ1n) is 7.06. The molecule has 0 radical (unpaired) electrons. The Balaban J connectivity index is 2.07. The van der Waals surface area contributed by atoms with Gasteiger partial charge in [-0.3, -0.25) is 4.79 Å². The van der Waals surface area contributed by atoms with Crippen molar-refractivity contribution in [1.82, 2.24) is 5.32 Å². The summed E-state index contributed by atoms with van der Waals surface area (Å²) in [5.74, 6) is 1.10. The number of nitrogens with one attached hydrogen (secondary N) is 1. The van der Waals surface area contributed by atoms with Crippen LogP contribution in [0, 0.1) is 19.8 Å². The van der Waals surface area contributed by atoms with Crippen LogP contribution in [0.5, 0.6) is 0 Å². The lowest BCUT2D eigenvalue weighted by atomic mass is 9.85. The highest BCUT2D eigenvalue weighted by molar-refractivity contribution is 6.18. The summed E-state index contributed by atoms with van der Waals surface area (Å²) in [6.45, 7) is 4.03. The molecule has 1 N–H and O–H groups in total. The molecule has 2 atom stereocenters. The second-order valence-corrected chi connectivity index (χ2v) is 5.91. The number of carbonyl (C=O) groups is 1. The third-order valence-corrected chi connectivity index (χ3v) is 4.45. The molecular formula is C16H22ClNO. The van der Waals surface area contributed by atoms with Crippen LogP contribution < -0.4 is 5.32 Å². The van der Waals surface area contributed by atoms with Crippen molar-refractivity contribution in [2.75, 3.05) is 5.88 Å². The van der Waals surface area contributed by atoms with Crippen molar-refractivity contribution in [1.29, 1.82) is 0 Å². The summed E-state index contributed by atoms with van der Waals surface area (Å²) >= 11 is 6.01. The molecule has 104 valence electrons. The number of aryl methyl sites for hydroxylation is 2. The normalized spacial score (nSPS) is 23.1. The SMILES string of the molecule is Cc1ccc(C(=O)NC2CCCCC2CCl)c(C)c1. The van der Waals surface area contributed by atoms with E-state index in [9.17, 15) is 4.79 Å². The van der Waals surface area contributed by atoms with E-state index in [-0.39, 0.29) is 11.9 Å². The molecule has 1 aromatic carbocycles. The average Bonchev–Trinajstić information content (AvgIpc) is 2.39. The molecule has 2 rings (SSSR count). The lowest BCUT2D eigenvalue weighted by molar-refractivity contribution is 0.0910. The molecule has 3 heteroatoms. The number of rotatable bonds is 3. The lowest BCUT2D eigenvalue weighted by Crippen LogP contribution is -2.43. The van der Waals surface area contributed by atoms with Gasteiger partial charge in [-0.1, -0.05) is 30.5 Å². The molecule has 19 heavy (non-hydrogen) atoms. The van der Waals surface area contributed by atoms with E-state index in [1.165, 1.54) is 18.4 Å². The zero-order valence-corrected chi connectivity index (χ0v) is 12.5. The Kier molecular flexibility index (Phi) is 4.87. The summed E-state index contributed by atoms with van der Waals surface area (Å²) in [6.07, 6.45) is 4.59. The molecule has 1 aliphatic carbocycles. The molecule has 0 saturated heterocycles. The lowest BCUT2D eigenvalue weighted by Gasteiger charge is -2.31. The minimum absolute atomic E-state index is 0.0412. The Labute approximate surface area is 120 Å². The summed E-state index contributed by atoms with van der Waals surface area (Å²) in [5, 5.41) is 3.17. The first kappa shape index (κ1) is 14.4. The van der Waals surface area contributed by atoms with E-state index in [1.54, 1.807) is 0 Å². The van der Waals surface area contributed by atoms with Gasteiger partial charge in [0.2, 0.25) is 0 Å². The van der Waals surface area contributed by atoms with Gasteiger partial charge in [0.1, 0.15) is 0 Å². The molecule has 0 aromatic heterocycles. The largest absolute Gasteiger partial charge is 0.349 e. The van der Waals surface area contributed by atoms with Crippen LogP contribution >= 0.6 is 11.6 Å². The van der Waals surface area contributed by atoms with Gasteiger partial charge in [0.05, 0.1) is 0 Å². The van der Waals surface area contributed by atoms with E-state index in [0.29, 0.717) is 11.8 Å². The van der Waals surface area contributed by atoms with Gasteiger partial charge in [0.25, 0.3) is 5.91 Å². The monoisotopic (exact) mass is 279 g/mol. The van der Waals surface area contributed by atoms with Gasteiger partial charge in [0.15, 0.2) is 0 Å². The molecule has 0 heterocycles. The van der Waals surface area contributed by atoms with Crippen LogP contribution in [0.4, 0.5) is 0 Å². The van der Waals surface area contributed by atoms with E-state index >= 15 is 0 Å². The first-order chi connectivity index (χ1) is 9.11. The highest BCUT2D eigenvalue weighted by Crippen LogP contribution is 2.25. The van der Waals surface area contributed by atoms with Crippen molar-refractivity contribution in [3.8, 4) is 0 Å². The summed E-state index contributed by atoms with van der Waals surface area (Å²) in [4.78, 5) is 12.4. The molecule has 0 bridgehead atoms. The van der Waals surface area contributed by atoms with Crippen molar-refractivity contribution in [3.05, 3.63) is 34.9 Å². The third-order valence-electron chi connectivity index (χ3n) is 4.05. The molecule has 1 amide bonds. The molecule has 1 saturated carbocycles. The fourth-order valence-corrected chi connectivity index (χ4v) is 3.27. The van der Waals surface area contributed by atoms with E-state index in [4.69, 9.17) is 11.6 Å². The highest BCUT2D eigenvalue weighted by Gasteiger charge is 2.26. The number of hydrogen-bond acceptors (Lipinski definition) is 1. The Hall–Kier alpha value is -1.02. The molecule has 1 fully saturated rings. The van der Waals surface area contributed by atoms with Crippen LogP contribution in [0.3, 0.4) is 0 Å². The van der Waals surface area contributed by atoms with Crippen LogP contribution in [0.25, 0.3) is 0 Å². The van der Waals surface area contributed by atoms with Gasteiger partial charge < -0.3 is 5.32 Å². The smallest absolute Gasteiger partial charge is 0.251 e. The van der Waals surface area contributed by atoms with E-state index in [0.717, 1.165) is 24.0 Å². The van der Waals surface area contributed by atoms with Crippen molar-refractivity contribution >= 4 is 17.5 Å². The predicted molar refractivity (Wildman–Crippen MR) is 79.8 cm³/mol. The maximum absolute atomic E-state index is 12.4. The first-order valence-corrected chi connectivity index (χ1v) is 7.59. The number of alkyl halides is 1. The van der Waals surface area contributed by atoms with Gasteiger partial charge in [-0.05, 0) is 44.2 Å². The second-order valence-electron chi connectivity index (χ2n) is 5.60. The molecule has 2 unspecified atom stereocenters. The zero-order chi connectivity index (χ0) is 13.8. The van der Waals surface area contributed by atoms with Gasteiger partial charge in [-0.2, -0.15) is 0 Å². The fourth-order valence-electron chi connectivity index (χ4n) is 2.90. The van der Waals surface area contributed by atoms with Gasteiger partial charge in [-0.25, -0.2) is 0 Å². The fraction of sp³-hybridized carbons (Fsp3) is 0.562. The third kappa shape index (κ3) is 3.50. The maximum atomic E-state index is 12.4. The number of amides is 1. The van der Waals surface area contributed by atoms with Crippen LogP contribution in [0.2, 0.25) is 0 Å². The number of hydrogen-bond donors (Lipinski definition) is 1. The van der Waals surface area contributed by atoms with Crippen molar-refractivity contribution in [2.24, 2.45) is 5.92 Å². The topological polar surface area (TPSA) is 29.1 Å². The van der Waals surface area contributed by atoms with Gasteiger partial charge in [0, 0.05) is 17.5 Å². The van der Waals surface area contributed by atoms with Crippen LogP contribution in [0.15, 0.2) is 18.2 Å². The van der Waals surface area contributed by atoms with E-state index < -0.39 is 0 Å². The van der Waals surface area contributed by atoms with Crippen molar-refractivity contribution < 1.29 is 4.79 Å². The predicted octanol–water partition coefficient (Wildman–Crippen LogP) is 3.83. The summed E-state index contributed by atoms with van der Waals surface area (Å²) < 4.78 is 0. The minimum atomic E-state index is 0.0412. The molecular weight excluding hydrogens is 258 g/mol. The second kappa shape index (κ2) is 6.42. The van der Waals surface area contributed by atoms with E-state index in [2.05, 4.69) is 11.4 Å². The molecule has 0 aliphatic heterocycles. The maximum Gasteiger partial charge on any atom is 0.251 e. The standard InChI is InChI=1S/C16H22ClNO/c1-11-7-8-14(12(2)9-11)16(19)18-15-6-4-3-5-13(15)10-17/h7-9,13,15H,3-6,10H2,1-2H3,(H,18,19). The summed E-state index contributed by atoms with van der Waals surface area (Å²) in [5.41, 5.74) is 3.01. The molecule has 1 aromatic rings. The molecule has 1 aliphatic rings. The molecule has 0 spiro atoms. The number of benzene rings is 1. The Morgan fingerprint density at radius 1 is 1.32 bits per heavy atom. The van der Waals surface area contributed by atoms with Crippen LogP contribution in [-0.2, 0) is 0 Å². The van der Waals surface area contributed by atoms with Gasteiger partial charge in [-0.15, -0.1) is 11.6 Å². The van der Waals surface area contributed by atoms with Crippen molar-refractivity contribution in [2.45, 2.75) is 45.6 Å². The summed E-state index contributed by atoms with van der Waals surface area (Å²) in [7, 11) is 0. The van der Waals surface area contributed by atoms with E-state index in [1.807, 2.05) is 26.0 Å². The number of carbonyl (C=O) groups excluding carboxylic acids is 1. The quantitative estimate of drug-likeness (QED) is 0.837. The van der Waals surface area contributed by atoms with Crippen LogP contribution in [-0.4, -0.2) is 17.8 Å². The average molecular weight is 280 g/mol. The molecule has 2 nitrogen and oxygen atoms in total. The van der Waals surface area contributed by atoms with Crippen molar-refractivity contribution in [3.63, 3.8) is 0 Å². The Bertz CT molecular complexity index is 458. The van der Waals surface area contributed by atoms with Crippen LogP contribution in [0.1, 0.15) is 47.2 Å². The Morgan fingerprint density at radius 3 is 2.74 bits per heavy atom. The minimum Gasteiger partial charge on any atom is -0.349 e. The number of halogens is 1. The zero-order valence-electron chi connectivity index (χ0n) is 11.7. The van der Waals surface area contributed by atoms with Gasteiger partial charge >= 0.3 is 0 Å².